The van der Waals surface area contributed by atoms with Gasteiger partial charge < -0.3 is 38.9 Å². The van der Waals surface area contributed by atoms with E-state index in [4.69, 9.17) is 18.9 Å². The highest BCUT2D eigenvalue weighted by Crippen LogP contribution is 2.48. The van der Waals surface area contributed by atoms with Crippen LogP contribution in [0.25, 0.3) is 0 Å². The van der Waals surface area contributed by atoms with Crippen molar-refractivity contribution in [2.24, 2.45) is 0 Å². The summed E-state index contributed by atoms with van der Waals surface area (Å²) in [6, 6.07) is 39.6. The van der Waals surface area contributed by atoms with E-state index in [-0.39, 0.29) is 21.7 Å². The van der Waals surface area contributed by atoms with E-state index in [1.807, 2.05) is 0 Å². The Labute approximate surface area is 476 Å². The average Bonchev–Trinajstić information content (AvgIpc) is 4.24. The van der Waals surface area contributed by atoms with Gasteiger partial charge in [-0.3, -0.25) is 0 Å². The second kappa shape index (κ2) is 18.1. The van der Waals surface area contributed by atoms with Crippen LogP contribution in [0.2, 0.25) is 0 Å². The molecule has 0 saturated heterocycles. The van der Waals surface area contributed by atoms with E-state index < -0.39 is 21.7 Å². The quantitative estimate of drug-likeness (QED) is 0.122. The lowest BCUT2D eigenvalue weighted by Crippen LogP contribution is -2.37. The number of hydrogen-bond acceptors (Lipinski definition) is 4. The summed E-state index contributed by atoms with van der Waals surface area (Å²) < 4.78 is 30.6. The third-order valence-electron chi connectivity index (χ3n) is 19.0. The molecule has 8 heterocycles. The molecule has 4 N–H and O–H groups in total. The highest BCUT2D eigenvalue weighted by molar-refractivity contribution is 5.59. The summed E-state index contributed by atoms with van der Waals surface area (Å²) in [5, 5.41) is 0. The van der Waals surface area contributed by atoms with Gasteiger partial charge in [-0.2, -0.15) is 0 Å². The van der Waals surface area contributed by atoms with Gasteiger partial charge in [0.25, 0.3) is 0 Å². The number of aromatic amines is 4. The number of fused-ring (bicyclic) bond motifs is 8. The Hall–Kier alpha value is -6.80. The largest absolute Gasteiger partial charge is 0.492 e. The van der Waals surface area contributed by atoms with Crippen LogP contribution in [0.5, 0.6) is 23.0 Å². The maximum absolute atomic E-state index is 7.82. The maximum Gasteiger partial charge on any atom is 0.126 e. The number of H-pyrrole nitrogens is 4. The molecular formula is C72H86N4O4. The van der Waals surface area contributed by atoms with E-state index in [1.54, 1.807) is 0 Å². The summed E-state index contributed by atoms with van der Waals surface area (Å²) in [7, 11) is 0. The van der Waals surface area contributed by atoms with Gasteiger partial charge in [0, 0.05) is 64.8 Å². The summed E-state index contributed by atoms with van der Waals surface area (Å²) in [4.78, 5) is 16.4. The Balaban J connectivity index is 1.25. The van der Waals surface area contributed by atoms with E-state index in [2.05, 4.69) is 241 Å². The molecule has 4 aromatic heterocycles. The topological polar surface area (TPSA) is 100 Å². The smallest absolute Gasteiger partial charge is 0.126 e. The van der Waals surface area contributed by atoms with Crippen molar-refractivity contribution in [3.05, 3.63) is 210 Å². The average molecular weight is 1070 g/mol. The standard InChI is InChI=1S/C72H86N4O4/c1-42-28-50(66(5,6)7)33-44-30-46-35-52(68(11,12)13)37-48-31-47-36-51(67(8,9)10)34-45-29-43-32-49(65(2,3)4)18-19-53(43)77-38-69(14)54-20-22-56(73-54)70(15,39-78-62(42)44)57-24-25-59(75-57)72(17,41-80-64(46)48)61-27-26-60(76-61)71(16,40-79-63(45)47)58-23-21-55(69)74-58/h18-28,32-37,73-76H,29-31,38-41H2,1-17H3. The summed E-state index contributed by atoms with van der Waals surface area (Å²) in [5.74, 6) is 3.59. The highest BCUT2D eigenvalue weighted by atomic mass is 16.5. The van der Waals surface area contributed by atoms with E-state index in [9.17, 15) is 0 Å². The van der Waals surface area contributed by atoms with E-state index in [1.165, 1.54) is 22.3 Å². The number of nitrogens with one attached hydrogen (secondary N) is 4. The Morgan fingerprint density at radius 2 is 0.575 bits per heavy atom. The lowest BCUT2D eigenvalue weighted by molar-refractivity contribution is 0.230. The second-order valence-electron chi connectivity index (χ2n) is 29.5. The molecule has 0 fully saturated rings. The fourth-order valence-electron chi connectivity index (χ4n) is 13.1. The van der Waals surface area contributed by atoms with Crippen LogP contribution in [0.4, 0.5) is 0 Å². The number of benzene rings is 4. The third kappa shape index (κ3) is 8.93. The van der Waals surface area contributed by atoms with Crippen molar-refractivity contribution in [3.8, 4) is 23.0 Å². The third-order valence-corrected chi connectivity index (χ3v) is 19.0. The first-order valence-electron chi connectivity index (χ1n) is 29.4. The van der Waals surface area contributed by atoms with Crippen LogP contribution in [0.1, 0.15) is 218 Å². The predicted octanol–water partition coefficient (Wildman–Crippen LogP) is 16.1. The summed E-state index contributed by atoms with van der Waals surface area (Å²) in [6.07, 6.45) is 1.80. The number of ether oxygens (including phenoxy) is 4. The molecule has 12 rings (SSSR count). The number of hydrogen-bond donors (Lipinski definition) is 4. The van der Waals surface area contributed by atoms with Gasteiger partial charge >= 0.3 is 0 Å². The monoisotopic (exact) mass is 1070 g/mol. The molecule has 4 unspecified atom stereocenters. The van der Waals surface area contributed by atoms with Crippen molar-refractivity contribution in [3.63, 3.8) is 0 Å². The Morgan fingerprint density at radius 1 is 0.312 bits per heavy atom. The summed E-state index contributed by atoms with van der Waals surface area (Å²) >= 11 is 0. The normalized spacial score (nSPS) is 22.8. The van der Waals surface area contributed by atoms with Gasteiger partial charge in [-0.05, 0) is 172 Å². The van der Waals surface area contributed by atoms with Crippen LogP contribution in [0, 0.1) is 6.92 Å². The van der Waals surface area contributed by atoms with E-state index in [0.29, 0.717) is 45.7 Å². The molecule has 0 aliphatic carbocycles. The molecule has 8 nitrogen and oxygen atoms in total. The Bertz CT molecular complexity index is 3730. The number of aromatic nitrogens is 4. The molecule has 418 valence electrons. The lowest BCUT2D eigenvalue weighted by Gasteiger charge is -2.35. The summed E-state index contributed by atoms with van der Waals surface area (Å²) in [5.41, 5.74) is 18.0. The van der Waals surface area contributed by atoms with Gasteiger partial charge in [0.05, 0.1) is 21.7 Å². The maximum atomic E-state index is 7.82. The van der Waals surface area contributed by atoms with Gasteiger partial charge in [0.15, 0.2) is 0 Å². The minimum Gasteiger partial charge on any atom is -0.492 e. The van der Waals surface area contributed by atoms with Crippen LogP contribution >= 0.6 is 0 Å². The molecular weight excluding hydrogens is 985 g/mol. The predicted molar refractivity (Wildman–Crippen MR) is 325 cm³/mol. The van der Waals surface area contributed by atoms with Gasteiger partial charge in [-0.25, -0.2) is 0 Å². The highest BCUT2D eigenvalue weighted by Gasteiger charge is 2.44. The minimum absolute atomic E-state index is 0.0967. The first-order valence-corrected chi connectivity index (χ1v) is 29.4. The Morgan fingerprint density at radius 3 is 0.900 bits per heavy atom. The molecule has 4 aliphatic rings. The van der Waals surface area contributed by atoms with Crippen LogP contribution < -0.4 is 18.9 Å². The van der Waals surface area contributed by atoms with Crippen molar-refractivity contribution in [2.75, 3.05) is 26.4 Å². The molecule has 8 aromatic rings. The summed E-state index contributed by atoms with van der Waals surface area (Å²) in [6.45, 7) is 40.8. The zero-order chi connectivity index (χ0) is 56.9. The van der Waals surface area contributed by atoms with Crippen LogP contribution in [-0.2, 0) is 62.6 Å². The van der Waals surface area contributed by atoms with E-state index in [0.717, 1.165) is 107 Å². The molecule has 4 aliphatic heterocycles. The fraction of sp³-hybridized carbons (Fsp3) is 0.444. The van der Waals surface area contributed by atoms with Crippen LogP contribution in [0.3, 0.4) is 0 Å². The van der Waals surface area contributed by atoms with Crippen molar-refractivity contribution in [1.29, 1.82) is 0 Å². The van der Waals surface area contributed by atoms with Gasteiger partial charge in [0.2, 0.25) is 0 Å². The zero-order valence-corrected chi connectivity index (χ0v) is 50.9. The molecule has 80 heavy (non-hydrogen) atoms. The van der Waals surface area contributed by atoms with Crippen LogP contribution in [0.15, 0.2) is 103 Å². The van der Waals surface area contributed by atoms with Crippen molar-refractivity contribution in [1.82, 2.24) is 19.9 Å². The zero-order valence-electron chi connectivity index (χ0n) is 50.9. The molecule has 0 spiro atoms. The lowest BCUT2D eigenvalue weighted by atomic mass is 9.80. The van der Waals surface area contributed by atoms with E-state index >= 15 is 0 Å². The van der Waals surface area contributed by atoms with Crippen molar-refractivity contribution >= 4 is 0 Å². The van der Waals surface area contributed by atoms with Gasteiger partial charge in [-0.15, -0.1) is 0 Å². The fourth-order valence-corrected chi connectivity index (χ4v) is 13.1. The molecule has 0 amide bonds. The Kier molecular flexibility index (Phi) is 12.2. The van der Waals surface area contributed by atoms with Crippen molar-refractivity contribution < 1.29 is 18.9 Å². The van der Waals surface area contributed by atoms with Crippen LogP contribution in [-0.4, -0.2) is 46.4 Å². The van der Waals surface area contributed by atoms with Gasteiger partial charge in [-0.1, -0.05) is 132 Å². The number of aryl methyl sites for hydroxylation is 1. The van der Waals surface area contributed by atoms with Gasteiger partial charge in [0.1, 0.15) is 49.4 Å². The van der Waals surface area contributed by atoms with Crippen molar-refractivity contribution in [2.45, 2.75) is 180 Å². The molecule has 8 heteroatoms. The first kappa shape index (κ1) is 53.8. The molecule has 14 bridgehead atoms. The molecule has 0 radical (unpaired) electrons. The second-order valence-corrected chi connectivity index (χ2v) is 29.5. The first-order chi connectivity index (χ1) is 37.4. The SMILES string of the molecule is Cc1cc(C(C)(C)C)cc2c1OCC1(C)c3ccc([nH]3)C3(C)COc4ccc(C(C)(C)C)cc4Cc4cc(C(C)(C)C)cc5c4OCC(C)(c4ccc3[nH]4)c3ccc([nH]3)C(C)(COc3c(cc(C(C)(C)C)cc3C5)C2)c2ccc1[nH]2. The molecule has 4 aromatic carbocycles. The number of rotatable bonds is 0. The molecule has 0 saturated carbocycles. The molecule has 4 atom stereocenters. The minimum atomic E-state index is -0.686.